The van der Waals surface area contributed by atoms with E-state index in [9.17, 15) is 0 Å². The number of rotatable bonds is 5. The average Bonchev–Trinajstić information content (AvgIpc) is 2.39. The summed E-state index contributed by atoms with van der Waals surface area (Å²) < 4.78 is 0. The third kappa shape index (κ3) is 3.86. The van der Waals surface area contributed by atoms with E-state index in [2.05, 4.69) is 30.3 Å². The maximum absolute atomic E-state index is 6.00. The second-order valence-electron chi connectivity index (χ2n) is 4.63. The van der Waals surface area contributed by atoms with Gasteiger partial charge in [0.15, 0.2) is 0 Å². The monoisotopic (exact) mass is 259 g/mol. The molecule has 0 amide bonds. The van der Waals surface area contributed by atoms with Crippen molar-refractivity contribution >= 4 is 11.6 Å². The molecule has 2 aromatic carbocycles. The summed E-state index contributed by atoms with van der Waals surface area (Å²) in [6, 6.07) is 18.5. The first-order valence-corrected chi connectivity index (χ1v) is 6.64. The molecular weight excluding hydrogens is 242 g/mol. The summed E-state index contributed by atoms with van der Waals surface area (Å²) in [7, 11) is 0. The van der Waals surface area contributed by atoms with Crippen LogP contribution in [0.25, 0.3) is 0 Å². The molecule has 2 aromatic rings. The lowest BCUT2D eigenvalue weighted by molar-refractivity contribution is 0.533. The Bertz CT molecular complexity index is 481. The second kappa shape index (κ2) is 6.58. The molecule has 0 radical (unpaired) electrons. The summed E-state index contributed by atoms with van der Waals surface area (Å²) in [6.07, 6.45) is 2.00. The first-order valence-electron chi connectivity index (χ1n) is 6.26. The zero-order valence-electron chi connectivity index (χ0n) is 10.4. The van der Waals surface area contributed by atoms with Gasteiger partial charge in [-0.25, -0.2) is 0 Å². The fraction of sp³-hybridized carbons (Fsp3) is 0.250. The Hall–Kier alpha value is -1.31. The molecule has 0 bridgehead atoms. The highest BCUT2D eigenvalue weighted by Crippen LogP contribution is 2.17. The van der Waals surface area contributed by atoms with Gasteiger partial charge in [-0.3, -0.25) is 0 Å². The van der Waals surface area contributed by atoms with E-state index in [1.165, 1.54) is 11.1 Å². The van der Waals surface area contributed by atoms with Gasteiger partial charge in [0, 0.05) is 5.02 Å². The standard InChI is InChI=1S/C16H18ClN/c17-16-8-4-7-14(11-16)10-15(12-18)9-13-5-2-1-3-6-13/h1-8,11,15H,9-10,12,18H2. The van der Waals surface area contributed by atoms with Crippen LogP contribution in [-0.4, -0.2) is 6.54 Å². The van der Waals surface area contributed by atoms with E-state index in [4.69, 9.17) is 17.3 Å². The fourth-order valence-corrected chi connectivity index (χ4v) is 2.40. The third-order valence-electron chi connectivity index (χ3n) is 3.11. The Morgan fingerprint density at radius 2 is 1.56 bits per heavy atom. The van der Waals surface area contributed by atoms with Crippen LogP contribution >= 0.6 is 11.6 Å². The highest BCUT2D eigenvalue weighted by molar-refractivity contribution is 6.30. The van der Waals surface area contributed by atoms with Gasteiger partial charge in [-0.05, 0) is 48.6 Å². The van der Waals surface area contributed by atoms with Crippen molar-refractivity contribution < 1.29 is 0 Å². The van der Waals surface area contributed by atoms with E-state index in [0.717, 1.165) is 17.9 Å². The minimum atomic E-state index is 0.464. The van der Waals surface area contributed by atoms with Crippen molar-refractivity contribution in [1.29, 1.82) is 0 Å². The molecule has 2 N–H and O–H groups in total. The molecule has 1 nitrogen and oxygen atoms in total. The Kier molecular flexibility index (Phi) is 4.80. The molecule has 1 unspecified atom stereocenters. The zero-order valence-corrected chi connectivity index (χ0v) is 11.1. The number of hydrogen-bond donors (Lipinski definition) is 1. The van der Waals surface area contributed by atoms with Crippen LogP contribution in [0.4, 0.5) is 0 Å². The van der Waals surface area contributed by atoms with Crippen molar-refractivity contribution in [2.75, 3.05) is 6.54 Å². The minimum Gasteiger partial charge on any atom is -0.330 e. The smallest absolute Gasteiger partial charge is 0.0408 e. The molecule has 0 aromatic heterocycles. The highest BCUT2D eigenvalue weighted by Gasteiger charge is 2.09. The molecule has 0 saturated carbocycles. The average molecular weight is 260 g/mol. The van der Waals surface area contributed by atoms with Crippen LogP contribution in [0, 0.1) is 5.92 Å². The van der Waals surface area contributed by atoms with E-state index < -0.39 is 0 Å². The van der Waals surface area contributed by atoms with Gasteiger partial charge in [0.2, 0.25) is 0 Å². The molecule has 0 aliphatic carbocycles. The summed E-state index contributed by atoms with van der Waals surface area (Å²) in [6.45, 7) is 0.696. The van der Waals surface area contributed by atoms with E-state index in [1.807, 2.05) is 24.3 Å². The molecule has 2 rings (SSSR count). The quantitative estimate of drug-likeness (QED) is 0.871. The summed E-state index contributed by atoms with van der Waals surface area (Å²) in [4.78, 5) is 0. The number of halogens is 1. The number of nitrogens with two attached hydrogens (primary N) is 1. The summed E-state index contributed by atoms with van der Waals surface area (Å²) in [5.41, 5.74) is 8.47. The van der Waals surface area contributed by atoms with Gasteiger partial charge in [-0.2, -0.15) is 0 Å². The van der Waals surface area contributed by atoms with E-state index in [1.54, 1.807) is 0 Å². The molecule has 18 heavy (non-hydrogen) atoms. The first kappa shape index (κ1) is 13.1. The fourth-order valence-electron chi connectivity index (χ4n) is 2.18. The molecule has 0 fully saturated rings. The minimum absolute atomic E-state index is 0.464. The maximum Gasteiger partial charge on any atom is 0.0408 e. The van der Waals surface area contributed by atoms with Gasteiger partial charge in [0.05, 0.1) is 0 Å². The zero-order chi connectivity index (χ0) is 12.8. The predicted octanol–water partition coefficient (Wildman–Crippen LogP) is 3.70. The predicted molar refractivity (Wildman–Crippen MR) is 77.8 cm³/mol. The largest absolute Gasteiger partial charge is 0.330 e. The van der Waals surface area contributed by atoms with Crippen LogP contribution in [0.1, 0.15) is 11.1 Å². The molecule has 0 aliphatic rings. The maximum atomic E-state index is 6.00. The number of hydrogen-bond acceptors (Lipinski definition) is 1. The van der Waals surface area contributed by atoms with Crippen LogP contribution in [0.5, 0.6) is 0 Å². The van der Waals surface area contributed by atoms with Crippen LogP contribution in [0.15, 0.2) is 54.6 Å². The normalized spacial score (nSPS) is 12.3. The van der Waals surface area contributed by atoms with Crippen molar-refractivity contribution in [2.24, 2.45) is 11.7 Å². The lowest BCUT2D eigenvalue weighted by Crippen LogP contribution is -2.19. The highest BCUT2D eigenvalue weighted by atomic mass is 35.5. The van der Waals surface area contributed by atoms with Crippen LogP contribution in [0.3, 0.4) is 0 Å². The van der Waals surface area contributed by atoms with Crippen molar-refractivity contribution in [3.8, 4) is 0 Å². The molecule has 94 valence electrons. The first-order chi connectivity index (χ1) is 8.78. The molecule has 0 saturated heterocycles. The lowest BCUT2D eigenvalue weighted by atomic mass is 9.93. The van der Waals surface area contributed by atoms with Crippen molar-refractivity contribution in [1.82, 2.24) is 0 Å². The SMILES string of the molecule is NCC(Cc1ccccc1)Cc1cccc(Cl)c1. The molecule has 0 aliphatic heterocycles. The van der Waals surface area contributed by atoms with E-state index in [-0.39, 0.29) is 0 Å². The third-order valence-corrected chi connectivity index (χ3v) is 3.35. The lowest BCUT2D eigenvalue weighted by Gasteiger charge is -2.15. The van der Waals surface area contributed by atoms with Crippen LogP contribution < -0.4 is 5.73 Å². The van der Waals surface area contributed by atoms with Gasteiger partial charge in [0.25, 0.3) is 0 Å². The van der Waals surface area contributed by atoms with Crippen LogP contribution in [0.2, 0.25) is 5.02 Å². The van der Waals surface area contributed by atoms with Gasteiger partial charge in [-0.15, -0.1) is 0 Å². The summed E-state index contributed by atoms with van der Waals surface area (Å²) in [5.74, 6) is 0.464. The van der Waals surface area contributed by atoms with Crippen molar-refractivity contribution in [2.45, 2.75) is 12.8 Å². The summed E-state index contributed by atoms with van der Waals surface area (Å²) >= 11 is 6.00. The molecular formula is C16H18ClN. The van der Waals surface area contributed by atoms with Gasteiger partial charge in [-0.1, -0.05) is 54.1 Å². The van der Waals surface area contributed by atoms with E-state index >= 15 is 0 Å². The van der Waals surface area contributed by atoms with Gasteiger partial charge >= 0.3 is 0 Å². The van der Waals surface area contributed by atoms with Crippen molar-refractivity contribution in [3.63, 3.8) is 0 Å². The van der Waals surface area contributed by atoms with Crippen LogP contribution in [-0.2, 0) is 12.8 Å². The molecule has 0 spiro atoms. The Morgan fingerprint density at radius 3 is 2.22 bits per heavy atom. The Balaban J connectivity index is 2.01. The second-order valence-corrected chi connectivity index (χ2v) is 5.06. The molecule has 0 heterocycles. The van der Waals surface area contributed by atoms with E-state index in [0.29, 0.717) is 12.5 Å². The summed E-state index contributed by atoms with van der Waals surface area (Å²) in [5, 5.41) is 0.794. The van der Waals surface area contributed by atoms with Gasteiger partial charge in [0.1, 0.15) is 0 Å². The molecule has 2 heteroatoms. The Morgan fingerprint density at radius 1 is 0.889 bits per heavy atom. The number of benzene rings is 2. The Labute approximate surface area is 114 Å². The molecule has 1 atom stereocenters. The van der Waals surface area contributed by atoms with Gasteiger partial charge < -0.3 is 5.73 Å². The van der Waals surface area contributed by atoms with Crippen molar-refractivity contribution in [3.05, 3.63) is 70.7 Å². The topological polar surface area (TPSA) is 26.0 Å².